The Bertz CT molecular complexity index is 472. The van der Waals surface area contributed by atoms with Crippen LogP contribution in [0.3, 0.4) is 0 Å². The van der Waals surface area contributed by atoms with Crippen LogP contribution in [0.5, 0.6) is 0 Å². The third-order valence-corrected chi connectivity index (χ3v) is 4.81. The number of thiophene rings is 1. The first-order valence-corrected chi connectivity index (χ1v) is 8.14. The summed E-state index contributed by atoms with van der Waals surface area (Å²) in [6, 6.07) is 3.27. The van der Waals surface area contributed by atoms with Gasteiger partial charge in [0.15, 0.2) is 0 Å². The van der Waals surface area contributed by atoms with Crippen molar-refractivity contribution in [2.45, 2.75) is 58.2 Å². The van der Waals surface area contributed by atoms with Crippen LogP contribution in [0, 0.1) is 0 Å². The lowest BCUT2D eigenvalue weighted by Crippen LogP contribution is -2.62. The SMILES string of the molecule is CCCC1NC(=O)C(C)N(C(CC)c2cccs2)C1=O. The quantitative estimate of drug-likeness (QED) is 0.907. The third kappa shape index (κ3) is 2.73. The van der Waals surface area contributed by atoms with Gasteiger partial charge in [-0.25, -0.2) is 0 Å². The summed E-state index contributed by atoms with van der Waals surface area (Å²) in [7, 11) is 0. The number of piperazine rings is 1. The average Bonchev–Trinajstić information content (AvgIpc) is 2.95. The van der Waals surface area contributed by atoms with E-state index in [1.807, 2.05) is 31.4 Å². The molecule has 0 spiro atoms. The molecule has 0 bridgehead atoms. The van der Waals surface area contributed by atoms with Gasteiger partial charge in [-0.3, -0.25) is 9.59 Å². The van der Waals surface area contributed by atoms with Crippen molar-refractivity contribution in [1.29, 1.82) is 0 Å². The summed E-state index contributed by atoms with van der Waals surface area (Å²) in [5.74, 6) is 0.0113. The molecule has 1 aliphatic rings. The van der Waals surface area contributed by atoms with E-state index in [4.69, 9.17) is 0 Å². The molecule has 1 fully saturated rings. The highest BCUT2D eigenvalue weighted by Crippen LogP contribution is 2.32. The van der Waals surface area contributed by atoms with Crippen LogP contribution in [0.2, 0.25) is 0 Å². The fourth-order valence-corrected chi connectivity index (χ4v) is 3.68. The highest BCUT2D eigenvalue weighted by atomic mass is 32.1. The monoisotopic (exact) mass is 294 g/mol. The fraction of sp³-hybridized carbons (Fsp3) is 0.600. The molecule has 4 nitrogen and oxygen atoms in total. The fourth-order valence-electron chi connectivity index (χ4n) is 2.77. The van der Waals surface area contributed by atoms with Gasteiger partial charge in [0.05, 0.1) is 6.04 Å². The van der Waals surface area contributed by atoms with Gasteiger partial charge in [0.25, 0.3) is 0 Å². The van der Waals surface area contributed by atoms with E-state index in [9.17, 15) is 9.59 Å². The summed E-state index contributed by atoms with van der Waals surface area (Å²) in [6.45, 7) is 5.90. The standard InChI is InChI=1S/C15H22N2O2S/c1-4-7-11-15(19)17(10(3)14(18)16-11)12(5-2)13-8-6-9-20-13/h6,8-12H,4-5,7H2,1-3H3,(H,16,18). The third-order valence-electron chi connectivity index (χ3n) is 3.84. The maximum absolute atomic E-state index is 12.7. The molecule has 1 aromatic heterocycles. The molecular weight excluding hydrogens is 272 g/mol. The lowest BCUT2D eigenvalue weighted by atomic mass is 10.00. The first-order chi connectivity index (χ1) is 9.60. The zero-order valence-corrected chi connectivity index (χ0v) is 13.1. The number of amides is 2. The molecule has 20 heavy (non-hydrogen) atoms. The van der Waals surface area contributed by atoms with E-state index in [0.717, 1.165) is 17.7 Å². The summed E-state index contributed by atoms with van der Waals surface area (Å²) in [5.41, 5.74) is 0. The number of carbonyl (C=O) groups excluding carboxylic acids is 2. The van der Waals surface area contributed by atoms with Crippen molar-refractivity contribution in [3.05, 3.63) is 22.4 Å². The second-order valence-corrected chi connectivity index (χ2v) is 6.19. The molecular formula is C15H22N2O2S. The van der Waals surface area contributed by atoms with E-state index in [1.54, 1.807) is 16.2 Å². The van der Waals surface area contributed by atoms with Gasteiger partial charge < -0.3 is 10.2 Å². The molecule has 0 aliphatic carbocycles. The van der Waals surface area contributed by atoms with Gasteiger partial charge in [0, 0.05) is 4.88 Å². The van der Waals surface area contributed by atoms with Crippen LogP contribution in [0.15, 0.2) is 17.5 Å². The summed E-state index contributed by atoms with van der Waals surface area (Å²) < 4.78 is 0. The Kier molecular flexibility index (Phi) is 4.81. The Morgan fingerprint density at radius 1 is 1.40 bits per heavy atom. The Morgan fingerprint density at radius 2 is 2.15 bits per heavy atom. The average molecular weight is 294 g/mol. The topological polar surface area (TPSA) is 49.4 Å². The van der Waals surface area contributed by atoms with E-state index in [0.29, 0.717) is 6.42 Å². The zero-order chi connectivity index (χ0) is 14.7. The first kappa shape index (κ1) is 15.0. The van der Waals surface area contributed by atoms with Gasteiger partial charge in [-0.1, -0.05) is 26.3 Å². The molecule has 1 aromatic rings. The number of hydrogen-bond acceptors (Lipinski definition) is 3. The van der Waals surface area contributed by atoms with Crippen LogP contribution >= 0.6 is 11.3 Å². The summed E-state index contributed by atoms with van der Waals surface area (Å²) in [5, 5.41) is 4.86. The molecule has 1 aliphatic heterocycles. The van der Waals surface area contributed by atoms with Crippen molar-refractivity contribution in [2.75, 3.05) is 0 Å². The number of hydrogen-bond donors (Lipinski definition) is 1. The highest BCUT2D eigenvalue weighted by molar-refractivity contribution is 7.10. The Morgan fingerprint density at radius 3 is 2.70 bits per heavy atom. The van der Waals surface area contributed by atoms with Gasteiger partial charge in [-0.15, -0.1) is 11.3 Å². The highest BCUT2D eigenvalue weighted by Gasteiger charge is 2.41. The minimum atomic E-state index is -0.400. The van der Waals surface area contributed by atoms with Gasteiger partial charge in [-0.2, -0.15) is 0 Å². The molecule has 0 saturated carbocycles. The van der Waals surface area contributed by atoms with Crippen molar-refractivity contribution in [1.82, 2.24) is 10.2 Å². The predicted octanol–water partition coefficient (Wildman–Crippen LogP) is 2.71. The van der Waals surface area contributed by atoms with Crippen molar-refractivity contribution >= 4 is 23.2 Å². The Labute approximate surface area is 124 Å². The van der Waals surface area contributed by atoms with E-state index in [-0.39, 0.29) is 23.9 Å². The minimum absolute atomic E-state index is 0.00269. The molecule has 2 rings (SSSR count). The van der Waals surface area contributed by atoms with Gasteiger partial charge in [-0.05, 0) is 31.2 Å². The minimum Gasteiger partial charge on any atom is -0.343 e. The molecule has 5 heteroatoms. The largest absolute Gasteiger partial charge is 0.343 e. The molecule has 2 heterocycles. The van der Waals surface area contributed by atoms with E-state index in [2.05, 4.69) is 12.2 Å². The maximum Gasteiger partial charge on any atom is 0.246 e. The molecule has 110 valence electrons. The second kappa shape index (κ2) is 6.39. The molecule has 3 atom stereocenters. The van der Waals surface area contributed by atoms with Crippen molar-refractivity contribution in [3.63, 3.8) is 0 Å². The lowest BCUT2D eigenvalue weighted by molar-refractivity contribution is -0.151. The molecule has 1 saturated heterocycles. The summed E-state index contributed by atoms with van der Waals surface area (Å²) in [6.07, 6.45) is 2.41. The molecule has 3 unspecified atom stereocenters. The summed E-state index contributed by atoms with van der Waals surface area (Å²) in [4.78, 5) is 27.7. The zero-order valence-electron chi connectivity index (χ0n) is 12.3. The molecule has 0 radical (unpaired) electrons. The molecule has 2 amide bonds. The number of nitrogens with zero attached hydrogens (tertiary/aromatic N) is 1. The molecule has 0 aromatic carbocycles. The number of rotatable bonds is 5. The van der Waals surface area contributed by atoms with E-state index < -0.39 is 6.04 Å². The van der Waals surface area contributed by atoms with Crippen LogP contribution in [0.4, 0.5) is 0 Å². The Balaban J connectivity index is 2.30. The maximum atomic E-state index is 12.7. The number of carbonyl (C=O) groups is 2. The molecule has 1 N–H and O–H groups in total. The van der Waals surface area contributed by atoms with Crippen LogP contribution in [-0.2, 0) is 9.59 Å². The first-order valence-electron chi connectivity index (χ1n) is 7.26. The van der Waals surface area contributed by atoms with Crippen LogP contribution in [0.1, 0.15) is 51.0 Å². The normalized spacial score (nSPS) is 24.6. The predicted molar refractivity (Wildman–Crippen MR) is 80.5 cm³/mol. The lowest BCUT2D eigenvalue weighted by Gasteiger charge is -2.41. The van der Waals surface area contributed by atoms with Gasteiger partial charge >= 0.3 is 0 Å². The van der Waals surface area contributed by atoms with E-state index in [1.165, 1.54) is 0 Å². The Hall–Kier alpha value is -1.36. The van der Waals surface area contributed by atoms with Crippen LogP contribution in [-0.4, -0.2) is 28.8 Å². The van der Waals surface area contributed by atoms with Crippen LogP contribution in [0.25, 0.3) is 0 Å². The smallest absolute Gasteiger partial charge is 0.246 e. The number of nitrogens with one attached hydrogen (secondary N) is 1. The van der Waals surface area contributed by atoms with Crippen molar-refractivity contribution < 1.29 is 9.59 Å². The van der Waals surface area contributed by atoms with Crippen molar-refractivity contribution in [3.8, 4) is 0 Å². The van der Waals surface area contributed by atoms with Gasteiger partial charge in [0.1, 0.15) is 12.1 Å². The van der Waals surface area contributed by atoms with Crippen molar-refractivity contribution in [2.24, 2.45) is 0 Å². The second-order valence-electron chi connectivity index (χ2n) is 5.21. The van der Waals surface area contributed by atoms with Gasteiger partial charge in [0.2, 0.25) is 11.8 Å². The van der Waals surface area contributed by atoms with E-state index >= 15 is 0 Å². The summed E-state index contributed by atoms with van der Waals surface area (Å²) >= 11 is 1.64. The van der Waals surface area contributed by atoms with Crippen LogP contribution < -0.4 is 5.32 Å².